The van der Waals surface area contributed by atoms with Gasteiger partial charge in [0.2, 0.25) is 0 Å². The Hall–Kier alpha value is -0.250. The van der Waals surface area contributed by atoms with E-state index in [1.165, 1.54) is 0 Å². The molecule has 4 heteroatoms. The fourth-order valence-electron chi connectivity index (χ4n) is 1.30. The molecule has 0 amide bonds. The van der Waals surface area contributed by atoms with E-state index in [0.717, 1.165) is 6.42 Å². The van der Waals surface area contributed by atoms with Crippen LogP contribution in [-0.4, -0.2) is 18.3 Å². The summed E-state index contributed by atoms with van der Waals surface area (Å²) in [7, 11) is 0. The van der Waals surface area contributed by atoms with E-state index in [4.69, 9.17) is 0 Å². The predicted molar refractivity (Wildman–Crippen MR) is 52.3 cm³/mol. The first kappa shape index (κ1) is 13.8. The fraction of sp³-hybridized carbons (Fsp3) is 1.00. The molecule has 0 aromatic carbocycles. The molecular formula is C10H20F3N. The van der Waals surface area contributed by atoms with Gasteiger partial charge in [0.1, 0.15) is 0 Å². The minimum atomic E-state index is -4.00. The van der Waals surface area contributed by atoms with Crippen LogP contribution in [0.1, 0.15) is 46.5 Å². The van der Waals surface area contributed by atoms with Crippen LogP contribution < -0.4 is 5.32 Å². The second-order valence-electron chi connectivity index (χ2n) is 3.88. The van der Waals surface area contributed by atoms with Gasteiger partial charge in [-0.25, -0.2) is 0 Å². The maximum atomic E-state index is 11.8. The number of halogens is 3. The summed E-state index contributed by atoms with van der Waals surface area (Å²) >= 11 is 0. The van der Waals surface area contributed by atoms with E-state index in [9.17, 15) is 13.2 Å². The molecule has 1 N–H and O–H groups in total. The lowest BCUT2D eigenvalue weighted by molar-refractivity contribution is -0.135. The van der Waals surface area contributed by atoms with Crippen molar-refractivity contribution < 1.29 is 13.2 Å². The van der Waals surface area contributed by atoms with Crippen molar-refractivity contribution in [3.05, 3.63) is 0 Å². The fourth-order valence-corrected chi connectivity index (χ4v) is 1.30. The summed E-state index contributed by atoms with van der Waals surface area (Å²) in [5, 5.41) is 3.25. The van der Waals surface area contributed by atoms with E-state index in [2.05, 4.69) is 12.2 Å². The van der Waals surface area contributed by atoms with Crippen LogP contribution in [0.25, 0.3) is 0 Å². The normalized spacial score (nSPS) is 16.7. The highest BCUT2D eigenvalue weighted by atomic mass is 19.4. The summed E-state index contributed by atoms with van der Waals surface area (Å²) in [6, 6.07) is 0.559. The lowest BCUT2D eigenvalue weighted by Gasteiger charge is -2.18. The van der Waals surface area contributed by atoms with Crippen molar-refractivity contribution in [1.82, 2.24) is 5.32 Å². The van der Waals surface area contributed by atoms with Crippen molar-refractivity contribution in [1.29, 1.82) is 0 Å². The molecule has 0 bridgehead atoms. The number of alkyl halides is 3. The van der Waals surface area contributed by atoms with Gasteiger partial charge in [0.15, 0.2) is 0 Å². The van der Waals surface area contributed by atoms with Gasteiger partial charge in [-0.3, -0.25) is 0 Å². The molecule has 1 nitrogen and oxygen atoms in total. The molecule has 2 atom stereocenters. The van der Waals surface area contributed by atoms with E-state index >= 15 is 0 Å². The van der Waals surface area contributed by atoms with E-state index in [1.807, 2.05) is 13.8 Å². The van der Waals surface area contributed by atoms with Crippen LogP contribution in [-0.2, 0) is 0 Å². The third kappa shape index (κ3) is 8.35. The van der Waals surface area contributed by atoms with Crippen molar-refractivity contribution in [3.63, 3.8) is 0 Å². The highest BCUT2D eigenvalue weighted by Crippen LogP contribution is 2.22. The van der Waals surface area contributed by atoms with E-state index in [0.29, 0.717) is 12.5 Å². The molecule has 0 aliphatic heterocycles. The molecule has 0 saturated carbocycles. The molecule has 0 spiro atoms. The molecule has 86 valence electrons. The molecular weight excluding hydrogens is 191 g/mol. The molecule has 0 heterocycles. The maximum Gasteiger partial charge on any atom is 0.389 e. The van der Waals surface area contributed by atoms with Crippen LogP contribution in [0.2, 0.25) is 0 Å². The summed E-state index contributed by atoms with van der Waals surface area (Å²) in [5.74, 6) is 0. The van der Waals surface area contributed by atoms with Crippen LogP contribution in [0, 0.1) is 0 Å². The largest absolute Gasteiger partial charge is 0.389 e. The van der Waals surface area contributed by atoms with E-state index in [-0.39, 0.29) is 12.5 Å². The zero-order valence-electron chi connectivity index (χ0n) is 9.12. The number of hydrogen-bond donors (Lipinski definition) is 1. The summed E-state index contributed by atoms with van der Waals surface area (Å²) in [6.45, 7) is 6.03. The Morgan fingerprint density at radius 3 is 2.14 bits per heavy atom. The molecule has 0 rings (SSSR count). The molecule has 0 aliphatic rings. The van der Waals surface area contributed by atoms with E-state index < -0.39 is 12.6 Å². The van der Waals surface area contributed by atoms with Crippen LogP contribution in [0.3, 0.4) is 0 Å². The van der Waals surface area contributed by atoms with Crippen LogP contribution in [0.15, 0.2) is 0 Å². The lowest BCUT2D eigenvalue weighted by atomic mass is 10.1. The number of nitrogens with one attached hydrogen (secondary N) is 1. The van der Waals surface area contributed by atoms with Crippen molar-refractivity contribution in [2.24, 2.45) is 0 Å². The zero-order valence-corrected chi connectivity index (χ0v) is 9.12. The van der Waals surface area contributed by atoms with Gasteiger partial charge in [-0.15, -0.1) is 0 Å². The first-order chi connectivity index (χ1) is 6.35. The average Bonchev–Trinajstić information content (AvgIpc) is 2.01. The zero-order chi connectivity index (χ0) is 11.2. The summed E-state index contributed by atoms with van der Waals surface area (Å²) in [6.07, 6.45) is -2.86. The second kappa shape index (κ2) is 6.27. The Morgan fingerprint density at radius 1 is 1.14 bits per heavy atom. The van der Waals surface area contributed by atoms with Gasteiger partial charge in [-0.1, -0.05) is 6.92 Å². The third-order valence-corrected chi connectivity index (χ3v) is 2.28. The molecule has 0 radical (unpaired) electrons. The van der Waals surface area contributed by atoms with Crippen molar-refractivity contribution in [2.75, 3.05) is 0 Å². The Morgan fingerprint density at radius 2 is 1.71 bits per heavy atom. The van der Waals surface area contributed by atoms with Gasteiger partial charge in [0.25, 0.3) is 0 Å². The van der Waals surface area contributed by atoms with Crippen LogP contribution >= 0.6 is 0 Å². The average molecular weight is 211 g/mol. The van der Waals surface area contributed by atoms with Gasteiger partial charge in [-0.05, 0) is 33.1 Å². The first-order valence-corrected chi connectivity index (χ1v) is 5.18. The van der Waals surface area contributed by atoms with Crippen LogP contribution in [0.5, 0.6) is 0 Å². The smallest absolute Gasteiger partial charge is 0.312 e. The van der Waals surface area contributed by atoms with Crippen molar-refractivity contribution >= 4 is 0 Å². The summed E-state index contributed by atoms with van der Waals surface area (Å²) in [4.78, 5) is 0. The molecule has 0 aromatic rings. The van der Waals surface area contributed by atoms with Gasteiger partial charge in [0, 0.05) is 18.5 Å². The van der Waals surface area contributed by atoms with E-state index in [1.54, 1.807) is 0 Å². The lowest BCUT2D eigenvalue weighted by Crippen LogP contribution is -2.34. The number of hydrogen-bond acceptors (Lipinski definition) is 1. The van der Waals surface area contributed by atoms with Crippen LogP contribution in [0.4, 0.5) is 13.2 Å². The Balaban J connectivity index is 3.49. The molecule has 0 saturated heterocycles. The monoisotopic (exact) mass is 211 g/mol. The summed E-state index contributed by atoms with van der Waals surface area (Å²) in [5.41, 5.74) is 0. The molecule has 14 heavy (non-hydrogen) atoms. The highest BCUT2D eigenvalue weighted by Gasteiger charge is 2.26. The Labute approximate surface area is 84.1 Å². The van der Waals surface area contributed by atoms with Gasteiger partial charge < -0.3 is 5.32 Å². The second-order valence-corrected chi connectivity index (χ2v) is 3.88. The highest BCUT2D eigenvalue weighted by molar-refractivity contribution is 4.66. The first-order valence-electron chi connectivity index (χ1n) is 5.18. The molecule has 0 aromatic heterocycles. The van der Waals surface area contributed by atoms with Gasteiger partial charge >= 0.3 is 6.18 Å². The minimum Gasteiger partial charge on any atom is -0.312 e. The topological polar surface area (TPSA) is 12.0 Å². The SMILES string of the molecule is CCC(C)NC(C)CCCC(F)(F)F. The van der Waals surface area contributed by atoms with Crippen molar-refractivity contribution in [2.45, 2.75) is 64.7 Å². The minimum absolute atomic E-state index is 0.173. The molecule has 0 aliphatic carbocycles. The van der Waals surface area contributed by atoms with Crippen molar-refractivity contribution in [3.8, 4) is 0 Å². The van der Waals surface area contributed by atoms with Gasteiger partial charge in [0.05, 0.1) is 0 Å². The Kier molecular flexibility index (Phi) is 6.16. The van der Waals surface area contributed by atoms with Gasteiger partial charge in [-0.2, -0.15) is 13.2 Å². The Bertz CT molecular complexity index is 145. The number of rotatable bonds is 6. The summed E-state index contributed by atoms with van der Waals surface area (Å²) < 4.78 is 35.4. The molecule has 2 unspecified atom stereocenters. The third-order valence-electron chi connectivity index (χ3n) is 2.28. The quantitative estimate of drug-likeness (QED) is 0.709. The maximum absolute atomic E-state index is 11.8. The predicted octanol–water partition coefficient (Wildman–Crippen LogP) is 3.50. The molecule has 0 fully saturated rings. The standard InChI is InChI=1S/C10H20F3N/c1-4-8(2)14-9(3)6-5-7-10(11,12)13/h8-9,14H,4-7H2,1-3H3.